The van der Waals surface area contributed by atoms with Gasteiger partial charge in [-0.15, -0.1) is 0 Å². The molecule has 15 heavy (non-hydrogen) atoms. The number of benzene rings is 1. The molecular formula is C10H10F3NO. The van der Waals surface area contributed by atoms with E-state index >= 15 is 0 Å². The average molecular weight is 217 g/mol. The summed E-state index contributed by atoms with van der Waals surface area (Å²) in [6, 6.07) is 1.96. The van der Waals surface area contributed by atoms with E-state index in [0.29, 0.717) is 0 Å². The van der Waals surface area contributed by atoms with Crippen molar-refractivity contribution in [3.8, 4) is 0 Å². The van der Waals surface area contributed by atoms with Gasteiger partial charge in [-0.05, 0) is 31.5 Å². The Kier molecular flexibility index (Phi) is 2.75. The van der Waals surface area contributed by atoms with Gasteiger partial charge in [-0.1, -0.05) is 0 Å². The smallest absolute Gasteiger partial charge is 0.398 e. The van der Waals surface area contributed by atoms with E-state index in [9.17, 15) is 18.0 Å². The average Bonchev–Trinajstić information content (AvgIpc) is 2.00. The molecule has 82 valence electrons. The molecule has 2 N–H and O–H groups in total. The number of nitrogen functional groups attached to an aromatic ring is 1. The van der Waals surface area contributed by atoms with Crippen molar-refractivity contribution in [1.82, 2.24) is 0 Å². The lowest BCUT2D eigenvalue weighted by atomic mass is 10.0. The Balaban J connectivity index is 3.43. The molecule has 0 spiro atoms. The summed E-state index contributed by atoms with van der Waals surface area (Å²) in [5, 5.41) is 0. The second kappa shape index (κ2) is 3.56. The van der Waals surface area contributed by atoms with Gasteiger partial charge >= 0.3 is 6.18 Å². The lowest BCUT2D eigenvalue weighted by molar-refractivity contribution is -0.138. The second-order valence-corrected chi connectivity index (χ2v) is 3.31. The quantitative estimate of drug-likeness (QED) is 0.580. The fraction of sp³-hybridized carbons (Fsp3) is 0.300. The number of halogens is 3. The van der Waals surface area contributed by atoms with Crippen LogP contribution in [0.5, 0.6) is 0 Å². The summed E-state index contributed by atoms with van der Waals surface area (Å²) in [5.41, 5.74) is 4.63. The maximum Gasteiger partial charge on any atom is 0.416 e. The summed E-state index contributed by atoms with van der Waals surface area (Å²) in [4.78, 5) is 11.0. The van der Waals surface area contributed by atoms with Crippen LogP contribution in [0.15, 0.2) is 12.1 Å². The van der Waals surface area contributed by atoms with Crippen LogP contribution in [0.4, 0.5) is 18.9 Å². The van der Waals surface area contributed by atoms with Gasteiger partial charge < -0.3 is 5.73 Å². The number of Topliss-reactive ketones (excluding diaryl/α,β-unsaturated/α-hetero) is 1. The predicted octanol–water partition coefficient (Wildman–Crippen LogP) is 2.80. The molecule has 0 heterocycles. The fourth-order valence-corrected chi connectivity index (χ4v) is 1.34. The molecule has 1 aromatic rings. The Labute approximate surface area is 84.9 Å². The van der Waals surface area contributed by atoms with Gasteiger partial charge in [0.05, 0.1) is 5.56 Å². The van der Waals surface area contributed by atoms with Gasteiger partial charge in [0.25, 0.3) is 0 Å². The number of nitrogens with two attached hydrogens (primary N) is 1. The van der Waals surface area contributed by atoms with E-state index in [1.54, 1.807) is 0 Å². The molecule has 0 amide bonds. The maximum atomic E-state index is 12.5. The molecule has 0 aliphatic rings. The standard InChI is InChI=1S/C10H10F3NO/c1-5-3-9(14)7(6(2)15)4-8(5)10(11,12)13/h3-4H,14H2,1-2H3. The number of carbonyl (C=O) groups is 1. The summed E-state index contributed by atoms with van der Waals surface area (Å²) in [5.74, 6) is -0.474. The van der Waals surface area contributed by atoms with E-state index in [2.05, 4.69) is 0 Å². The van der Waals surface area contributed by atoms with Crippen LogP contribution in [0.1, 0.15) is 28.4 Å². The number of hydrogen-bond donors (Lipinski definition) is 1. The van der Waals surface area contributed by atoms with Gasteiger partial charge in [0.2, 0.25) is 0 Å². The molecule has 1 aromatic carbocycles. The van der Waals surface area contributed by atoms with E-state index < -0.39 is 17.5 Å². The largest absolute Gasteiger partial charge is 0.416 e. The van der Waals surface area contributed by atoms with Crippen LogP contribution in [0, 0.1) is 6.92 Å². The van der Waals surface area contributed by atoms with E-state index in [-0.39, 0.29) is 16.8 Å². The highest BCUT2D eigenvalue weighted by Gasteiger charge is 2.33. The minimum absolute atomic E-state index is 0.0185. The van der Waals surface area contributed by atoms with Gasteiger partial charge in [0.1, 0.15) is 0 Å². The van der Waals surface area contributed by atoms with Gasteiger partial charge in [-0.3, -0.25) is 4.79 Å². The summed E-state index contributed by atoms with van der Waals surface area (Å²) in [6.07, 6.45) is -4.46. The van der Waals surface area contributed by atoms with Gasteiger partial charge in [0, 0.05) is 11.3 Å². The topological polar surface area (TPSA) is 43.1 Å². The number of rotatable bonds is 1. The van der Waals surface area contributed by atoms with Crippen molar-refractivity contribution >= 4 is 11.5 Å². The number of anilines is 1. The summed E-state index contributed by atoms with van der Waals surface area (Å²) in [7, 11) is 0. The second-order valence-electron chi connectivity index (χ2n) is 3.31. The van der Waals surface area contributed by atoms with Crippen molar-refractivity contribution in [1.29, 1.82) is 0 Å². The highest BCUT2D eigenvalue weighted by atomic mass is 19.4. The number of carbonyl (C=O) groups excluding carboxylic acids is 1. The molecule has 0 aromatic heterocycles. The zero-order valence-corrected chi connectivity index (χ0v) is 8.27. The molecule has 0 unspecified atom stereocenters. The Bertz CT molecular complexity index is 410. The first-order chi connectivity index (χ1) is 6.73. The molecule has 1 rings (SSSR count). The Hall–Kier alpha value is -1.52. The molecule has 0 aliphatic carbocycles. The number of aryl methyl sites for hydroxylation is 1. The lowest BCUT2D eigenvalue weighted by Gasteiger charge is -2.12. The number of ketones is 1. The SMILES string of the molecule is CC(=O)c1cc(C(F)(F)F)c(C)cc1N. The van der Waals surface area contributed by atoms with Crippen LogP contribution < -0.4 is 5.73 Å². The van der Waals surface area contributed by atoms with Gasteiger partial charge in [-0.2, -0.15) is 13.2 Å². The summed E-state index contributed by atoms with van der Waals surface area (Å²) < 4.78 is 37.4. The highest BCUT2D eigenvalue weighted by Crippen LogP contribution is 2.34. The molecule has 0 saturated carbocycles. The van der Waals surface area contributed by atoms with Crippen LogP contribution in [0.2, 0.25) is 0 Å². The zero-order valence-electron chi connectivity index (χ0n) is 8.27. The minimum Gasteiger partial charge on any atom is -0.398 e. The van der Waals surface area contributed by atoms with Crippen molar-refractivity contribution < 1.29 is 18.0 Å². The van der Waals surface area contributed by atoms with E-state index in [1.807, 2.05) is 0 Å². The van der Waals surface area contributed by atoms with E-state index in [4.69, 9.17) is 5.73 Å². The van der Waals surface area contributed by atoms with Crippen LogP contribution in [-0.4, -0.2) is 5.78 Å². The normalized spacial score (nSPS) is 11.5. The van der Waals surface area contributed by atoms with Crippen LogP contribution >= 0.6 is 0 Å². The first kappa shape index (κ1) is 11.6. The van der Waals surface area contributed by atoms with Crippen molar-refractivity contribution in [3.63, 3.8) is 0 Å². The molecule has 0 fully saturated rings. The molecule has 5 heteroatoms. The van der Waals surface area contributed by atoms with E-state index in [0.717, 1.165) is 6.07 Å². The lowest BCUT2D eigenvalue weighted by Crippen LogP contribution is -2.11. The van der Waals surface area contributed by atoms with Crippen LogP contribution in [0.25, 0.3) is 0 Å². The van der Waals surface area contributed by atoms with Crippen molar-refractivity contribution in [2.45, 2.75) is 20.0 Å². The zero-order chi connectivity index (χ0) is 11.8. The summed E-state index contributed by atoms with van der Waals surface area (Å²) in [6.45, 7) is 2.49. The molecule has 0 aliphatic heterocycles. The maximum absolute atomic E-state index is 12.5. The minimum atomic E-state index is -4.46. The molecule has 0 atom stereocenters. The van der Waals surface area contributed by atoms with Gasteiger partial charge in [0.15, 0.2) is 5.78 Å². The molecule has 2 nitrogen and oxygen atoms in total. The number of hydrogen-bond acceptors (Lipinski definition) is 2. The Morgan fingerprint density at radius 1 is 1.33 bits per heavy atom. The fourth-order valence-electron chi connectivity index (χ4n) is 1.34. The third kappa shape index (κ3) is 2.29. The monoisotopic (exact) mass is 217 g/mol. The highest BCUT2D eigenvalue weighted by molar-refractivity contribution is 5.99. The van der Waals surface area contributed by atoms with E-state index in [1.165, 1.54) is 19.9 Å². The van der Waals surface area contributed by atoms with Gasteiger partial charge in [-0.25, -0.2) is 0 Å². The first-order valence-electron chi connectivity index (χ1n) is 4.21. The third-order valence-corrected chi connectivity index (χ3v) is 2.08. The van der Waals surface area contributed by atoms with Crippen LogP contribution in [-0.2, 0) is 6.18 Å². The predicted molar refractivity (Wildman–Crippen MR) is 50.6 cm³/mol. The number of alkyl halides is 3. The van der Waals surface area contributed by atoms with Crippen molar-refractivity contribution in [2.75, 3.05) is 5.73 Å². The van der Waals surface area contributed by atoms with Crippen molar-refractivity contribution in [3.05, 3.63) is 28.8 Å². The summed E-state index contributed by atoms with van der Waals surface area (Å²) >= 11 is 0. The molecule has 0 saturated heterocycles. The Morgan fingerprint density at radius 3 is 2.27 bits per heavy atom. The molecular weight excluding hydrogens is 207 g/mol. The first-order valence-corrected chi connectivity index (χ1v) is 4.21. The molecule has 0 radical (unpaired) electrons. The molecule has 0 bridgehead atoms. The van der Waals surface area contributed by atoms with Crippen molar-refractivity contribution in [2.24, 2.45) is 0 Å². The Morgan fingerprint density at radius 2 is 1.87 bits per heavy atom. The third-order valence-electron chi connectivity index (χ3n) is 2.08. The van der Waals surface area contributed by atoms with Crippen LogP contribution in [0.3, 0.4) is 0 Å².